The Balaban J connectivity index is 1.46. The van der Waals surface area contributed by atoms with Gasteiger partial charge in [-0.1, -0.05) is 62.4 Å². The van der Waals surface area contributed by atoms with Crippen LogP contribution in [0.1, 0.15) is 76.2 Å². The minimum Gasteiger partial charge on any atom is -0.205 e. The molecule has 0 aromatic heterocycles. The van der Waals surface area contributed by atoms with E-state index in [0.717, 1.165) is 28.5 Å². The van der Waals surface area contributed by atoms with Crippen molar-refractivity contribution < 1.29 is 4.39 Å². The molecule has 0 N–H and O–H groups in total. The first-order valence-corrected chi connectivity index (χ1v) is 10.9. The molecule has 0 nitrogen and oxygen atoms in total. The maximum atomic E-state index is 13.8. The third kappa shape index (κ3) is 3.79. The summed E-state index contributed by atoms with van der Waals surface area (Å²) in [5, 5.41) is 2.23. The van der Waals surface area contributed by atoms with Gasteiger partial charge in [0, 0.05) is 0 Å². The van der Waals surface area contributed by atoms with Crippen LogP contribution >= 0.6 is 11.6 Å². The van der Waals surface area contributed by atoms with E-state index in [9.17, 15) is 4.39 Å². The topological polar surface area (TPSA) is 0 Å². The zero-order valence-electron chi connectivity index (χ0n) is 15.8. The highest BCUT2D eigenvalue weighted by Crippen LogP contribution is 2.48. The molecule has 2 aliphatic carbocycles. The molecule has 0 aliphatic heterocycles. The van der Waals surface area contributed by atoms with Gasteiger partial charge in [0.2, 0.25) is 0 Å². The van der Waals surface area contributed by atoms with Crippen LogP contribution in [-0.2, 0) is 0 Å². The molecule has 0 radical (unpaired) electrons. The fourth-order valence-electron chi connectivity index (χ4n) is 5.56. The van der Waals surface area contributed by atoms with Gasteiger partial charge in [0.25, 0.3) is 0 Å². The molecule has 2 fully saturated rings. The Morgan fingerprint density at radius 1 is 0.962 bits per heavy atom. The largest absolute Gasteiger partial charge is 0.205 e. The molecule has 0 bridgehead atoms. The van der Waals surface area contributed by atoms with Gasteiger partial charge >= 0.3 is 0 Å². The van der Waals surface area contributed by atoms with Crippen molar-refractivity contribution in [1.29, 1.82) is 0 Å². The summed E-state index contributed by atoms with van der Waals surface area (Å²) < 4.78 is 13.8. The minimum atomic E-state index is -0.314. The summed E-state index contributed by atoms with van der Waals surface area (Å²) in [5.41, 5.74) is 1.39. The zero-order chi connectivity index (χ0) is 18.1. The second-order valence-electron chi connectivity index (χ2n) is 8.72. The van der Waals surface area contributed by atoms with Gasteiger partial charge in [-0.05, 0) is 84.2 Å². The quantitative estimate of drug-likeness (QED) is 0.508. The van der Waals surface area contributed by atoms with Crippen LogP contribution < -0.4 is 0 Å². The van der Waals surface area contributed by atoms with Crippen molar-refractivity contribution >= 4 is 22.4 Å². The Labute approximate surface area is 162 Å². The molecule has 140 valence electrons. The number of hydrogen-bond donors (Lipinski definition) is 0. The van der Waals surface area contributed by atoms with E-state index in [2.05, 4.69) is 25.1 Å². The molecule has 26 heavy (non-hydrogen) atoms. The van der Waals surface area contributed by atoms with E-state index in [1.165, 1.54) is 63.4 Å². The highest BCUT2D eigenvalue weighted by atomic mass is 35.5. The van der Waals surface area contributed by atoms with Gasteiger partial charge in [0.1, 0.15) is 5.82 Å². The highest BCUT2D eigenvalue weighted by molar-refractivity contribution is 6.31. The molecular formula is C24H30ClF. The molecule has 4 atom stereocenters. The Bertz CT molecular complexity index is 768. The SMILES string of the molecule is CCCC[C@@H]1CC[C@@H]2CC(c3ccc4cc(Cl)c(F)cc4c3)CCC2C1. The van der Waals surface area contributed by atoms with E-state index in [4.69, 9.17) is 11.6 Å². The molecule has 2 saturated carbocycles. The lowest BCUT2D eigenvalue weighted by Crippen LogP contribution is -2.30. The molecular weight excluding hydrogens is 343 g/mol. The summed E-state index contributed by atoms with van der Waals surface area (Å²) in [6.07, 6.45) is 12.5. The van der Waals surface area contributed by atoms with Crippen molar-refractivity contribution in [2.75, 3.05) is 0 Å². The third-order valence-electron chi connectivity index (χ3n) is 7.06. The van der Waals surface area contributed by atoms with Crippen molar-refractivity contribution in [1.82, 2.24) is 0 Å². The standard InChI is InChI=1S/C24H30ClF/c1-2-3-4-16-5-6-18-12-19(8-7-17(18)11-16)20-9-10-21-14-23(25)24(26)15-22(21)13-20/h9-10,13-19H,2-8,11-12H2,1H3/t16-,17?,18-,19?/m1/s1. The number of unbranched alkanes of at least 4 members (excludes halogenated alkanes) is 1. The lowest BCUT2D eigenvalue weighted by Gasteiger charge is -2.42. The van der Waals surface area contributed by atoms with E-state index in [0.29, 0.717) is 5.92 Å². The summed E-state index contributed by atoms with van der Waals surface area (Å²) >= 11 is 5.92. The fraction of sp³-hybridized carbons (Fsp3) is 0.583. The monoisotopic (exact) mass is 372 g/mol. The molecule has 2 aromatic rings. The predicted molar refractivity (Wildman–Crippen MR) is 109 cm³/mol. The molecule has 2 aromatic carbocycles. The lowest BCUT2D eigenvalue weighted by molar-refractivity contribution is 0.113. The van der Waals surface area contributed by atoms with E-state index in [-0.39, 0.29) is 10.8 Å². The third-order valence-corrected chi connectivity index (χ3v) is 7.35. The van der Waals surface area contributed by atoms with Crippen LogP contribution in [0, 0.1) is 23.6 Å². The molecule has 2 aliphatic rings. The summed E-state index contributed by atoms with van der Waals surface area (Å²) in [4.78, 5) is 0. The Hall–Kier alpha value is -1.08. The lowest BCUT2D eigenvalue weighted by atomic mass is 9.63. The first-order valence-electron chi connectivity index (χ1n) is 10.5. The van der Waals surface area contributed by atoms with Crippen molar-refractivity contribution in [3.63, 3.8) is 0 Å². The molecule has 2 unspecified atom stereocenters. The summed E-state index contributed by atoms with van der Waals surface area (Å²) in [7, 11) is 0. The molecule has 0 heterocycles. The number of benzene rings is 2. The van der Waals surface area contributed by atoms with Crippen LogP contribution in [0.15, 0.2) is 30.3 Å². The van der Waals surface area contributed by atoms with Crippen LogP contribution in [0.3, 0.4) is 0 Å². The van der Waals surface area contributed by atoms with Crippen molar-refractivity contribution in [3.05, 3.63) is 46.7 Å². The molecule has 0 spiro atoms. The van der Waals surface area contributed by atoms with E-state index in [1.807, 2.05) is 0 Å². The summed E-state index contributed by atoms with van der Waals surface area (Å²) in [6.45, 7) is 2.31. The van der Waals surface area contributed by atoms with Gasteiger partial charge in [-0.3, -0.25) is 0 Å². The average Bonchev–Trinajstić information content (AvgIpc) is 2.66. The average molecular weight is 373 g/mol. The van der Waals surface area contributed by atoms with Crippen molar-refractivity contribution in [2.24, 2.45) is 17.8 Å². The van der Waals surface area contributed by atoms with Crippen LogP contribution in [0.2, 0.25) is 5.02 Å². The first kappa shape index (κ1) is 18.3. The van der Waals surface area contributed by atoms with Crippen LogP contribution in [0.25, 0.3) is 10.8 Å². The molecule has 4 rings (SSSR count). The molecule has 2 heteroatoms. The number of hydrogen-bond acceptors (Lipinski definition) is 0. The van der Waals surface area contributed by atoms with E-state index in [1.54, 1.807) is 12.1 Å². The van der Waals surface area contributed by atoms with Crippen molar-refractivity contribution in [3.8, 4) is 0 Å². The normalized spacial score (nSPS) is 28.9. The molecule has 0 saturated heterocycles. The Morgan fingerprint density at radius 2 is 1.77 bits per heavy atom. The van der Waals surface area contributed by atoms with Gasteiger partial charge < -0.3 is 0 Å². The number of fused-ring (bicyclic) bond motifs is 2. The van der Waals surface area contributed by atoms with Gasteiger partial charge in [0.05, 0.1) is 5.02 Å². The zero-order valence-corrected chi connectivity index (χ0v) is 16.6. The Morgan fingerprint density at radius 3 is 2.62 bits per heavy atom. The second-order valence-corrected chi connectivity index (χ2v) is 9.13. The maximum Gasteiger partial charge on any atom is 0.142 e. The van der Waals surface area contributed by atoms with Crippen LogP contribution in [-0.4, -0.2) is 0 Å². The van der Waals surface area contributed by atoms with Gasteiger partial charge in [-0.15, -0.1) is 0 Å². The van der Waals surface area contributed by atoms with E-state index < -0.39 is 0 Å². The Kier molecular flexibility index (Phi) is 5.55. The number of halogens is 2. The fourth-order valence-corrected chi connectivity index (χ4v) is 5.73. The predicted octanol–water partition coefficient (Wildman–Crippen LogP) is 8.12. The smallest absolute Gasteiger partial charge is 0.142 e. The van der Waals surface area contributed by atoms with Crippen LogP contribution in [0.4, 0.5) is 4.39 Å². The summed E-state index contributed by atoms with van der Waals surface area (Å²) in [6, 6.07) is 9.89. The first-order chi connectivity index (χ1) is 12.6. The van der Waals surface area contributed by atoms with Gasteiger partial charge in [0.15, 0.2) is 0 Å². The van der Waals surface area contributed by atoms with Gasteiger partial charge in [-0.2, -0.15) is 0 Å². The summed E-state index contributed by atoms with van der Waals surface area (Å²) in [5.74, 6) is 3.18. The molecule has 0 amide bonds. The van der Waals surface area contributed by atoms with Crippen molar-refractivity contribution in [2.45, 2.75) is 70.6 Å². The maximum absolute atomic E-state index is 13.8. The minimum absolute atomic E-state index is 0.214. The highest BCUT2D eigenvalue weighted by Gasteiger charge is 2.35. The second kappa shape index (κ2) is 7.89. The van der Waals surface area contributed by atoms with Crippen LogP contribution in [0.5, 0.6) is 0 Å². The van der Waals surface area contributed by atoms with Gasteiger partial charge in [-0.25, -0.2) is 4.39 Å². The number of rotatable bonds is 4. The van der Waals surface area contributed by atoms with E-state index >= 15 is 0 Å².